The Labute approximate surface area is 173 Å². The summed E-state index contributed by atoms with van der Waals surface area (Å²) in [5.74, 6) is -0.323. The van der Waals surface area contributed by atoms with Crippen molar-refractivity contribution in [2.45, 2.75) is 42.1 Å². The van der Waals surface area contributed by atoms with E-state index < -0.39 is 5.79 Å². The summed E-state index contributed by atoms with van der Waals surface area (Å²) in [6, 6.07) is 21.9. The molecule has 4 aliphatic rings. The Bertz CT molecular complexity index is 1130. The molecule has 140 valence electrons. The first-order valence-electron chi connectivity index (χ1n) is 9.83. The molecule has 0 amide bonds. The Morgan fingerprint density at radius 3 is 2.54 bits per heavy atom. The van der Waals surface area contributed by atoms with Gasteiger partial charge in [-0.2, -0.15) is 0 Å². The van der Waals surface area contributed by atoms with E-state index in [1.807, 2.05) is 13.8 Å². The number of halogens is 1. The molecule has 1 saturated heterocycles. The van der Waals surface area contributed by atoms with Crippen LogP contribution in [0.5, 0.6) is 0 Å². The van der Waals surface area contributed by atoms with Crippen LogP contribution in [0, 0.1) is 0 Å². The zero-order valence-electron chi connectivity index (χ0n) is 15.9. The molecule has 2 nitrogen and oxygen atoms in total. The van der Waals surface area contributed by atoms with Crippen LogP contribution in [0.2, 0.25) is 0 Å². The smallest absolute Gasteiger partial charge is 0.163 e. The molecule has 3 aromatic carbocycles. The number of rotatable bonds is 1. The molecule has 4 unspecified atom stereocenters. The van der Waals surface area contributed by atoms with E-state index in [9.17, 15) is 0 Å². The molecule has 1 heterocycles. The van der Waals surface area contributed by atoms with E-state index in [1.54, 1.807) is 0 Å². The summed E-state index contributed by atoms with van der Waals surface area (Å²) in [7, 11) is 0. The first-order valence-corrected chi connectivity index (χ1v) is 10.6. The van der Waals surface area contributed by atoms with E-state index in [0.717, 1.165) is 0 Å². The summed E-state index contributed by atoms with van der Waals surface area (Å²) in [6.45, 7) is 4.02. The monoisotopic (exact) mass is 432 g/mol. The minimum Gasteiger partial charge on any atom is -0.344 e. The summed E-state index contributed by atoms with van der Waals surface area (Å²) < 4.78 is 12.3. The summed E-state index contributed by atoms with van der Waals surface area (Å²) in [5.41, 5.74) is 5.17. The standard InChI is InChI=1S/C25H21BrO2/c1-24(2)27-22-20-12-13-25(26,23(22)28-24)21-18-10-8-16(15-6-4-3-5-7-15)14-17(18)9-11-19(20)21/h3-14,20,22-23H,1-2H3. The fourth-order valence-electron chi connectivity index (χ4n) is 5.19. The van der Waals surface area contributed by atoms with Gasteiger partial charge in [0.1, 0.15) is 6.10 Å². The molecule has 28 heavy (non-hydrogen) atoms. The second-order valence-electron chi connectivity index (χ2n) is 8.51. The molecule has 7 rings (SSSR count). The number of benzene rings is 3. The maximum absolute atomic E-state index is 6.37. The third-order valence-electron chi connectivity index (χ3n) is 6.34. The lowest BCUT2D eigenvalue weighted by Gasteiger charge is -2.47. The zero-order valence-corrected chi connectivity index (χ0v) is 17.4. The molecule has 0 radical (unpaired) electrons. The van der Waals surface area contributed by atoms with Gasteiger partial charge >= 0.3 is 0 Å². The highest BCUT2D eigenvalue weighted by Gasteiger charge is 2.60. The van der Waals surface area contributed by atoms with Gasteiger partial charge in [-0.25, -0.2) is 0 Å². The number of fused-ring (bicyclic) bond motifs is 1. The first-order chi connectivity index (χ1) is 13.5. The number of hydrogen-bond acceptors (Lipinski definition) is 2. The van der Waals surface area contributed by atoms with Crippen LogP contribution in [0.15, 0.2) is 72.8 Å². The third-order valence-corrected chi connectivity index (χ3v) is 7.46. The highest BCUT2D eigenvalue weighted by atomic mass is 79.9. The molecule has 0 aromatic heterocycles. The number of alkyl halides is 1. The van der Waals surface area contributed by atoms with E-state index in [0.29, 0.717) is 0 Å². The van der Waals surface area contributed by atoms with Crippen LogP contribution >= 0.6 is 15.9 Å². The Morgan fingerprint density at radius 1 is 0.893 bits per heavy atom. The van der Waals surface area contributed by atoms with E-state index in [-0.39, 0.29) is 22.5 Å². The summed E-state index contributed by atoms with van der Waals surface area (Å²) in [5, 5.41) is 2.55. The van der Waals surface area contributed by atoms with E-state index in [4.69, 9.17) is 9.47 Å². The van der Waals surface area contributed by atoms with Gasteiger partial charge in [0.2, 0.25) is 0 Å². The molecular weight excluding hydrogens is 412 g/mol. The SMILES string of the molecule is CC1(C)OC2C3C=CC(Br)(c4c3ccc3cc(-c5ccccc5)ccc43)C2O1. The highest BCUT2D eigenvalue weighted by molar-refractivity contribution is 9.09. The molecule has 3 aromatic rings. The van der Waals surface area contributed by atoms with Crippen molar-refractivity contribution in [2.75, 3.05) is 0 Å². The number of hydrogen-bond donors (Lipinski definition) is 0. The van der Waals surface area contributed by atoms with Crippen LogP contribution in [0.4, 0.5) is 0 Å². The summed E-state index contributed by atoms with van der Waals surface area (Å²) >= 11 is 4.08. The minimum absolute atomic E-state index is 0.0237. The van der Waals surface area contributed by atoms with E-state index >= 15 is 0 Å². The van der Waals surface area contributed by atoms with Crippen molar-refractivity contribution < 1.29 is 9.47 Å². The van der Waals surface area contributed by atoms with Gasteiger partial charge in [-0.3, -0.25) is 0 Å². The Hall–Kier alpha value is -1.94. The average molecular weight is 433 g/mol. The largest absolute Gasteiger partial charge is 0.344 e. The quantitative estimate of drug-likeness (QED) is 0.332. The second kappa shape index (κ2) is 5.56. The van der Waals surface area contributed by atoms with Gasteiger partial charge in [0.05, 0.1) is 10.4 Å². The van der Waals surface area contributed by atoms with Crippen LogP contribution in [0.1, 0.15) is 30.9 Å². The van der Waals surface area contributed by atoms with Gasteiger partial charge in [0.15, 0.2) is 5.79 Å². The molecule has 1 fully saturated rings. The van der Waals surface area contributed by atoms with Crippen molar-refractivity contribution in [1.29, 1.82) is 0 Å². The maximum atomic E-state index is 6.37. The lowest BCUT2D eigenvalue weighted by Crippen LogP contribution is -2.50. The van der Waals surface area contributed by atoms with Gasteiger partial charge in [0.25, 0.3) is 0 Å². The molecule has 0 N–H and O–H groups in total. The third kappa shape index (κ3) is 2.21. The fourth-order valence-corrected chi connectivity index (χ4v) is 6.14. The topological polar surface area (TPSA) is 18.5 Å². The lowest BCUT2D eigenvalue weighted by atomic mass is 9.67. The molecule has 2 bridgehead atoms. The predicted molar refractivity (Wildman–Crippen MR) is 116 cm³/mol. The van der Waals surface area contributed by atoms with Crippen molar-refractivity contribution in [2.24, 2.45) is 0 Å². The second-order valence-corrected chi connectivity index (χ2v) is 9.82. The Kier molecular flexibility index (Phi) is 3.37. The molecule has 4 atom stereocenters. The summed E-state index contributed by atoms with van der Waals surface area (Å²) in [6.07, 6.45) is 4.58. The van der Waals surface area contributed by atoms with Crippen LogP contribution in [0.25, 0.3) is 21.9 Å². The van der Waals surface area contributed by atoms with E-state index in [2.05, 4.69) is 88.7 Å². The Morgan fingerprint density at radius 2 is 1.71 bits per heavy atom. The van der Waals surface area contributed by atoms with Crippen molar-refractivity contribution >= 4 is 26.7 Å². The normalized spacial score (nSPS) is 31.8. The fraction of sp³-hybridized carbons (Fsp3) is 0.280. The van der Waals surface area contributed by atoms with Crippen molar-refractivity contribution in [3.05, 3.63) is 83.9 Å². The van der Waals surface area contributed by atoms with E-state index in [1.165, 1.54) is 33.0 Å². The first kappa shape index (κ1) is 17.0. The lowest BCUT2D eigenvalue weighted by molar-refractivity contribution is -0.147. The highest BCUT2D eigenvalue weighted by Crippen LogP contribution is 2.59. The van der Waals surface area contributed by atoms with Crippen LogP contribution in [-0.2, 0) is 13.8 Å². The van der Waals surface area contributed by atoms with Crippen LogP contribution in [0.3, 0.4) is 0 Å². The summed E-state index contributed by atoms with van der Waals surface area (Å²) in [4.78, 5) is 0. The van der Waals surface area contributed by atoms with Gasteiger partial charge in [-0.1, -0.05) is 82.7 Å². The average Bonchev–Trinajstić information content (AvgIpc) is 3.05. The van der Waals surface area contributed by atoms with Crippen molar-refractivity contribution in [1.82, 2.24) is 0 Å². The molecule has 3 heteroatoms. The van der Waals surface area contributed by atoms with Gasteiger partial charge in [0, 0.05) is 5.92 Å². The van der Waals surface area contributed by atoms with Gasteiger partial charge in [-0.05, 0) is 52.9 Å². The van der Waals surface area contributed by atoms with Gasteiger partial charge < -0.3 is 9.47 Å². The maximum Gasteiger partial charge on any atom is 0.163 e. The molecule has 1 aliphatic heterocycles. The Balaban J connectivity index is 1.55. The zero-order chi connectivity index (χ0) is 19.1. The van der Waals surface area contributed by atoms with Gasteiger partial charge in [-0.15, -0.1) is 0 Å². The molecule has 0 saturated carbocycles. The predicted octanol–water partition coefficient (Wildman–Crippen LogP) is 6.28. The van der Waals surface area contributed by atoms with Crippen LogP contribution < -0.4 is 0 Å². The van der Waals surface area contributed by atoms with Crippen molar-refractivity contribution in [3.63, 3.8) is 0 Å². The minimum atomic E-state index is -0.559. The number of ether oxygens (including phenoxy) is 2. The molecule has 3 aliphatic carbocycles. The van der Waals surface area contributed by atoms with Crippen molar-refractivity contribution in [3.8, 4) is 11.1 Å². The van der Waals surface area contributed by atoms with Crippen LogP contribution in [-0.4, -0.2) is 18.0 Å². The molecular formula is C25H21BrO2. The molecule has 0 spiro atoms.